The van der Waals surface area contributed by atoms with Crippen LogP contribution in [0.1, 0.15) is 15.9 Å². The van der Waals surface area contributed by atoms with Gasteiger partial charge in [-0.2, -0.15) is 0 Å². The van der Waals surface area contributed by atoms with Gasteiger partial charge in [-0.3, -0.25) is 4.79 Å². The maximum atomic E-state index is 13.0. The minimum Gasteiger partial charge on any atom is -0.359 e. The number of fused-ring (bicyclic) bond motifs is 1. The fourth-order valence-electron chi connectivity index (χ4n) is 3.82. The number of sulfonamides is 1. The highest BCUT2D eigenvalue weighted by Gasteiger charge is 2.27. The molecule has 1 aliphatic rings. The molecule has 0 bridgehead atoms. The summed E-state index contributed by atoms with van der Waals surface area (Å²) < 4.78 is 31.0. The van der Waals surface area contributed by atoms with Crippen molar-refractivity contribution < 1.29 is 17.9 Å². The molecule has 1 fully saturated rings. The molecule has 0 radical (unpaired) electrons. The molecular weight excluding hydrogens is 488 g/mol. The Morgan fingerprint density at radius 2 is 1.94 bits per heavy atom. The standard InChI is InChI=1S/C25H21ClN4O4S/c1-16-6-7-18(12-21(16)24-27-14-17-4-2-3-5-23(17)29-24)28-25(31)20-9-8-19(13-22(20)26)30-15-34-10-11-35(30,32)33/h2-9,12-14H,10-11,15H2,1H3,(H,28,31). The van der Waals surface area contributed by atoms with E-state index in [0.29, 0.717) is 17.2 Å². The first-order chi connectivity index (χ1) is 16.8. The molecule has 1 N–H and O–H groups in total. The summed E-state index contributed by atoms with van der Waals surface area (Å²) in [5, 5.41) is 3.93. The Balaban J connectivity index is 1.40. The highest BCUT2D eigenvalue weighted by molar-refractivity contribution is 7.92. The van der Waals surface area contributed by atoms with E-state index >= 15 is 0 Å². The lowest BCUT2D eigenvalue weighted by molar-refractivity contribution is 0.102. The Labute approximate surface area is 207 Å². The number of carbonyl (C=O) groups excluding carboxylic acids is 1. The van der Waals surface area contributed by atoms with Crippen molar-refractivity contribution in [1.29, 1.82) is 0 Å². The molecule has 0 aliphatic carbocycles. The summed E-state index contributed by atoms with van der Waals surface area (Å²) >= 11 is 6.37. The molecule has 178 valence electrons. The summed E-state index contributed by atoms with van der Waals surface area (Å²) in [6, 6.07) is 17.7. The van der Waals surface area contributed by atoms with Crippen LogP contribution in [-0.4, -0.2) is 43.4 Å². The summed E-state index contributed by atoms with van der Waals surface area (Å²) in [4.78, 5) is 22.1. The molecule has 10 heteroatoms. The average Bonchev–Trinajstić information content (AvgIpc) is 2.84. The summed E-state index contributed by atoms with van der Waals surface area (Å²) in [6.45, 7) is 2.01. The molecule has 1 saturated heterocycles. The van der Waals surface area contributed by atoms with Gasteiger partial charge in [0, 0.05) is 22.8 Å². The first-order valence-corrected chi connectivity index (χ1v) is 12.8. The maximum Gasteiger partial charge on any atom is 0.257 e. The van der Waals surface area contributed by atoms with Gasteiger partial charge in [0.2, 0.25) is 10.0 Å². The summed E-state index contributed by atoms with van der Waals surface area (Å²) in [6.07, 6.45) is 1.78. The van der Waals surface area contributed by atoms with E-state index in [1.54, 1.807) is 12.3 Å². The third kappa shape index (κ3) is 4.70. The van der Waals surface area contributed by atoms with Crippen molar-refractivity contribution in [3.05, 3.63) is 83.0 Å². The van der Waals surface area contributed by atoms with Crippen molar-refractivity contribution in [2.75, 3.05) is 28.7 Å². The number of carbonyl (C=O) groups is 1. The number of anilines is 2. The lowest BCUT2D eigenvalue weighted by Crippen LogP contribution is -2.41. The van der Waals surface area contributed by atoms with Gasteiger partial charge in [0.15, 0.2) is 5.82 Å². The predicted octanol–water partition coefficient (Wildman–Crippen LogP) is 4.63. The molecular formula is C25H21ClN4O4S. The van der Waals surface area contributed by atoms with Gasteiger partial charge in [-0.1, -0.05) is 35.9 Å². The van der Waals surface area contributed by atoms with E-state index in [1.165, 1.54) is 18.2 Å². The zero-order valence-electron chi connectivity index (χ0n) is 18.7. The number of ether oxygens (including phenoxy) is 1. The van der Waals surface area contributed by atoms with Gasteiger partial charge in [-0.05, 0) is 48.9 Å². The van der Waals surface area contributed by atoms with Gasteiger partial charge in [-0.15, -0.1) is 0 Å². The third-order valence-corrected chi connectivity index (χ3v) is 7.72. The molecule has 1 aliphatic heterocycles. The van der Waals surface area contributed by atoms with Crippen LogP contribution in [0.2, 0.25) is 5.02 Å². The summed E-state index contributed by atoms with van der Waals surface area (Å²) in [7, 11) is -3.49. The molecule has 35 heavy (non-hydrogen) atoms. The number of nitrogens with one attached hydrogen (secondary N) is 1. The number of rotatable bonds is 4. The van der Waals surface area contributed by atoms with Crippen LogP contribution in [0.25, 0.3) is 22.3 Å². The summed E-state index contributed by atoms with van der Waals surface area (Å²) in [5.74, 6) is 0.0296. The predicted molar refractivity (Wildman–Crippen MR) is 136 cm³/mol. The van der Waals surface area contributed by atoms with Crippen LogP contribution in [0.5, 0.6) is 0 Å². The van der Waals surface area contributed by atoms with Gasteiger partial charge in [-0.25, -0.2) is 22.7 Å². The SMILES string of the molecule is Cc1ccc(NC(=O)c2ccc(N3COCCS3(=O)=O)cc2Cl)cc1-c1ncc2ccccc2n1. The number of nitrogens with zero attached hydrogens (tertiary/aromatic N) is 3. The van der Waals surface area contributed by atoms with E-state index in [9.17, 15) is 13.2 Å². The molecule has 0 atom stereocenters. The van der Waals surface area contributed by atoms with Crippen LogP contribution in [0.15, 0.2) is 66.9 Å². The van der Waals surface area contributed by atoms with Crippen molar-refractivity contribution >= 4 is 49.8 Å². The van der Waals surface area contributed by atoms with E-state index in [4.69, 9.17) is 16.3 Å². The molecule has 3 aromatic carbocycles. The van der Waals surface area contributed by atoms with Crippen molar-refractivity contribution in [1.82, 2.24) is 9.97 Å². The van der Waals surface area contributed by atoms with Crippen LogP contribution in [0.4, 0.5) is 11.4 Å². The second-order valence-corrected chi connectivity index (χ2v) is 10.5. The normalized spacial score (nSPS) is 15.2. The van der Waals surface area contributed by atoms with E-state index in [1.807, 2.05) is 43.3 Å². The number of halogens is 1. The zero-order valence-corrected chi connectivity index (χ0v) is 20.3. The van der Waals surface area contributed by atoms with Crippen LogP contribution < -0.4 is 9.62 Å². The van der Waals surface area contributed by atoms with E-state index in [-0.39, 0.29) is 29.7 Å². The van der Waals surface area contributed by atoms with Crippen LogP contribution in [0, 0.1) is 6.92 Å². The molecule has 1 amide bonds. The Morgan fingerprint density at radius 3 is 2.74 bits per heavy atom. The first-order valence-electron chi connectivity index (χ1n) is 10.8. The number of hydrogen-bond acceptors (Lipinski definition) is 6. The van der Waals surface area contributed by atoms with Gasteiger partial charge in [0.25, 0.3) is 5.91 Å². The van der Waals surface area contributed by atoms with Gasteiger partial charge in [0.1, 0.15) is 6.73 Å². The van der Waals surface area contributed by atoms with Gasteiger partial charge >= 0.3 is 0 Å². The van der Waals surface area contributed by atoms with E-state index in [0.717, 1.165) is 26.3 Å². The van der Waals surface area contributed by atoms with Crippen molar-refractivity contribution in [3.8, 4) is 11.4 Å². The quantitative estimate of drug-likeness (QED) is 0.431. The minimum atomic E-state index is -3.49. The molecule has 1 aromatic heterocycles. The molecule has 0 saturated carbocycles. The molecule has 0 spiro atoms. The van der Waals surface area contributed by atoms with Crippen molar-refractivity contribution in [3.63, 3.8) is 0 Å². The lowest BCUT2D eigenvalue weighted by atomic mass is 10.1. The second-order valence-electron chi connectivity index (χ2n) is 8.10. The summed E-state index contributed by atoms with van der Waals surface area (Å²) in [5.41, 5.74) is 3.71. The topological polar surface area (TPSA) is 101 Å². The zero-order chi connectivity index (χ0) is 24.6. The third-order valence-electron chi connectivity index (χ3n) is 5.74. The Hall–Kier alpha value is -3.53. The fourth-order valence-corrected chi connectivity index (χ4v) is 5.30. The number of hydrogen-bond donors (Lipinski definition) is 1. The van der Waals surface area contributed by atoms with Crippen LogP contribution >= 0.6 is 11.6 Å². The molecule has 8 nitrogen and oxygen atoms in total. The molecule has 5 rings (SSSR count). The molecule has 0 unspecified atom stereocenters. The lowest BCUT2D eigenvalue weighted by Gasteiger charge is -2.28. The Kier molecular flexibility index (Phi) is 6.14. The molecule has 2 heterocycles. The van der Waals surface area contributed by atoms with Gasteiger partial charge < -0.3 is 10.1 Å². The average molecular weight is 509 g/mol. The number of amides is 1. The van der Waals surface area contributed by atoms with Crippen LogP contribution in [-0.2, 0) is 14.8 Å². The number of para-hydroxylation sites is 1. The number of aryl methyl sites for hydroxylation is 1. The Morgan fingerprint density at radius 1 is 1.11 bits per heavy atom. The largest absolute Gasteiger partial charge is 0.359 e. The van der Waals surface area contributed by atoms with Crippen molar-refractivity contribution in [2.45, 2.75) is 6.92 Å². The highest BCUT2D eigenvalue weighted by Crippen LogP contribution is 2.29. The Bertz CT molecular complexity index is 1560. The number of benzene rings is 3. The van der Waals surface area contributed by atoms with Gasteiger partial charge in [0.05, 0.1) is 34.1 Å². The number of aromatic nitrogens is 2. The van der Waals surface area contributed by atoms with E-state index < -0.39 is 15.9 Å². The van der Waals surface area contributed by atoms with Crippen LogP contribution in [0.3, 0.4) is 0 Å². The smallest absolute Gasteiger partial charge is 0.257 e. The highest BCUT2D eigenvalue weighted by atomic mass is 35.5. The monoisotopic (exact) mass is 508 g/mol. The fraction of sp³-hybridized carbons (Fsp3) is 0.160. The van der Waals surface area contributed by atoms with Crippen molar-refractivity contribution in [2.24, 2.45) is 0 Å². The first kappa shape index (κ1) is 23.2. The van der Waals surface area contributed by atoms with E-state index in [2.05, 4.69) is 15.3 Å². The molecule has 4 aromatic rings. The minimum absolute atomic E-state index is 0.0901. The maximum absolute atomic E-state index is 13.0. The second kappa shape index (κ2) is 9.26.